The topological polar surface area (TPSA) is 92.1 Å². The van der Waals surface area contributed by atoms with E-state index in [9.17, 15) is 19.3 Å². The monoisotopic (exact) mass is 416 g/mol. The summed E-state index contributed by atoms with van der Waals surface area (Å²) in [6.45, 7) is 0.469. The molecule has 1 N–H and O–H groups in total. The minimum Gasteiger partial charge on any atom is -0.342 e. The summed E-state index contributed by atoms with van der Waals surface area (Å²) in [6, 6.07) is 11.8. The van der Waals surface area contributed by atoms with E-state index in [1.807, 2.05) is 6.07 Å². The number of nitro groups is 1. The smallest absolute Gasteiger partial charge is 0.270 e. The molecule has 1 amide bonds. The summed E-state index contributed by atoms with van der Waals surface area (Å²) in [4.78, 5) is 24.3. The van der Waals surface area contributed by atoms with E-state index < -0.39 is 4.92 Å². The molecule has 0 unspecified atom stereocenters. The van der Waals surface area contributed by atoms with Crippen molar-refractivity contribution >= 4 is 23.2 Å². The van der Waals surface area contributed by atoms with Crippen LogP contribution in [0.1, 0.15) is 22.5 Å². The second-order valence-corrected chi connectivity index (χ2v) is 6.94. The van der Waals surface area contributed by atoms with Crippen molar-refractivity contribution in [1.82, 2.24) is 15.1 Å². The maximum absolute atomic E-state index is 13.0. The normalized spacial score (nSPS) is 10.7. The number of H-pyrrole nitrogens is 1. The number of carbonyl (C=O) groups is 1. The van der Waals surface area contributed by atoms with Crippen LogP contribution in [0, 0.1) is 15.9 Å². The number of nitrogens with zero attached hydrogens (tertiary/aromatic N) is 3. The molecule has 0 saturated carbocycles. The molecule has 0 aliphatic heterocycles. The molecule has 0 bridgehead atoms. The lowest BCUT2D eigenvalue weighted by molar-refractivity contribution is -0.384. The fraction of sp³-hybridized carbons (Fsp3) is 0.200. The van der Waals surface area contributed by atoms with Crippen molar-refractivity contribution in [2.24, 2.45) is 0 Å². The van der Waals surface area contributed by atoms with Crippen LogP contribution in [-0.2, 0) is 6.42 Å². The highest BCUT2D eigenvalue weighted by molar-refractivity contribution is 6.34. The summed E-state index contributed by atoms with van der Waals surface area (Å²) in [6.07, 6.45) is 1.34. The number of amides is 1. The van der Waals surface area contributed by atoms with E-state index in [1.165, 1.54) is 35.2 Å². The predicted molar refractivity (Wildman–Crippen MR) is 107 cm³/mol. The molecular formula is C20H18ClFN4O3. The molecule has 1 heterocycles. The lowest BCUT2D eigenvalue weighted by Gasteiger charge is -2.17. The van der Waals surface area contributed by atoms with Crippen molar-refractivity contribution < 1.29 is 14.1 Å². The van der Waals surface area contributed by atoms with Gasteiger partial charge in [0.2, 0.25) is 0 Å². The first-order valence-corrected chi connectivity index (χ1v) is 9.22. The van der Waals surface area contributed by atoms with Gasteiger partial charge >= 0.3 is 0 Å². The molecule has 7 nitrogen and oxygen atoms in total. The predicted octanol–water partition coefficient (Wildman–Crippen LogP) is 4.48. The van der Waals surface area contributed by atoms with E-state index in [4.69, 9.17) is 11.6 Å². The second kappa shape index (κ2) is 8.83. The summed E-state index contributed by atoms with van der Waals surface area (Å²) in [5.41, 5.74) is 2.50. The number of carbonyl (C=O) groups excluding carboxylic acids is 1. The number of halogens is 2. The SMILES string of the molecule is CN(CCCc1cc(-c2ccc(F)cc2)n[nH]1)C(=O)c1ccc([N+](=O)[O-])cc1Cl. The van der Waals surface area contributed by atoms with E-state index in [0.29, 0.717) is 19.4 Å². The minimum absolute atomic E-state index is 0.0496. The molecule has 150 valence electrons. The van der Waals surface area contributed by atoms with Gasteiger partial charge in [-0.1, -0.05) is 11.6 Å². The van der Waals surface area contributed by atoms with Gasteiger partial charge in [-0.15, -0.1) is 0 Å². The van der Waals surface area contributed by atoms with Crippen LogP contribution >= 0.6 is 11.6 Å². The zero-order chi connectivity index (χ0) is 21.0. The van der Waals surface area contributed by atoms with Gasteiger partial charge in [-0.3, -0.25) is 20.0 Å². The number of non-ortho nitro benzene ring substituents is 1. The number of rotatable bonds is 7. The molecule has 0 aliphatic carbocycles. The van der Waals surface area contributed by atoms with E-state index in [0.717, 1.165) is 17.0 Å². The van der Waals surface area contributed by atoms with Gasteiger partial charge < -0.3 is 4.90 Å². The van der Waals surface area contributed by atoms with Crippen molar-refractivity contribution in [1.29, 1.82) is 0 Å². The molecule has 0 radical (unpaired) electrons. The fourth-order valence-electron chi connectivity index (χ4n) is 2.86. The average molecular weight is 417 g/mol. The van der Waals surface area contributed by atoms with Crippen molar-refractivity contribution in [3.63, 3.8) is 0 Å². The van der Waals surface area contributed by atoms with Crippen LogP contribution < -0.4 is 0 Å². The van der Waals surface area contributed by atoms with E-state index in [1.54, 1.807) is 19.2 Å². The van der Waals surface area contributed by atoms with Crippen LogP contribution in [-0.4, -0.2) is 39.5 Å². The third kappa shape index (κ3) is 4.97. The van der Waals surface area contributed by atoms with E-state index in [-0.39, 0.29) is 28.0 Å². The fourth-order valence-corrected chi connectivity index (χ4v) is 3.12. The Morgan fingerprint density at radius 1 is 1.24 bits per heavy atom. The maximum Gasteiger partial charge on any atom is 0.270 e. The van der Waals surface area contributed by atoms with Crippen molar-refractivity contribution in [2.75, 3.05) is 13.6 Å². The summed E-state index contributed by atoms with van der Waals surface area (Å²) >= 11 is 6.02. The van der Waals surface area contributed by atoms with E-state index in [2.05, 4.69) is 10.2 Å². The van der Waals surface area contributed by atoms with Gasteiger partial charge in [0.25, 0.3) is 11.6 Å². The number of aryl methyl sites for hydroxylation is 1. The maximum atomic E-state index is 13.0. The molecule has 3 rings (SSSR count). The largest absolute Gasteiger partial charge is 0.342 e. The molecule has 0 saturated heterocycles. The Hall–Kier alpha value is -3.26. The van der Waals surface area contributed by atoms with Crippen LogP contribution in [0.2, 0.25) is 5.02 Å². The number of hydrogen-bond acceptors (Lipinski definition) is 4. The van der Waals surface area contributed by atoms with Gasteiger partial charge in [0.15, 0.2) is 0 Å². The van der Waals surface area contributed by atoms with Crippen molar-refractivity contribution in [3.05, 3.63) is 80.7 Å². The number of benzene rings is 2. The van der Waals surface area contributed by atoms with Crippen molar-refractivity contribution in [2.45, 2.75) is 12.8 Å². The van der Waals surface area contributed by atoms with E-state index >= 15 is 0 Å². The van der Waals surface area contributed by atoms with Crippen LogP contribution in [0.15, 0.2) is 48.5 Å². The Balaban J connectivity index is 1.56. The van der Waals surface area contributed by atoms with Crippen molar-refractivity contribution in [3.8, 4) is 11.3 Å². The first-order valence-electron chi connectivity index (χ1n) is 8.85. The lowest BCUT2D eigenvalue weighted by Crippen LogP contribution is -2.28. The Labute approximate surface area is 171 Å². The number of aromatic nitrogens is 2. The van der Waals surface area contributed by atoms with Gasteiger partial charge in [-0.05, 0) is 49.2 Å². The molecule has 1 aromatic heterocycles. The molecule has 3 aromatic rings. The van der Waals surface area contributed by atoms with Gasteiger partial charge in [0.1, 0.15) is 5.82 Å². The standard InChI is InChI=1S/C20H18ClFN4O3/c1-25(20(27)17-9-8-16(26(28)29)12-18(17)21)10-2-3-15-11-19(24-23-15)13-4-6-14(22)7-5-13/h4-9,11-12H,2-3,10H2,1H3,(H,23,24). The minimum atomic E-state index is -0.561. The van der Waals surface area contributed by atoms with Crippen LogP contribution in [0.5, 0.6) is 0 Å². The van der Waals surface area contributed by atoms with Crippen LogP contribution in [0.4, 0.5) is 10.1 Å². The lowest BCUT2D eigenvalue weighted by atomic mass is 10.1. The Morgan fingerprint density at radius 2 is 1.97 bits per heavy atom. The number of hydrogen-bond donors (Lipinski definition) is 1. The van der Waals surface area contributed by atoms with Gasteiger partial charge in [0, 0.05) is 37.0 Å². The Kier molecular flexibility index (Phi) is 6.23. The van der Waals surface area contributed by atoms with Gasteiger partial charge in [-0.25, -0.2) is 4.39 Å². The number of aromatic amines is 1. The molecule has 0 atom stereocenters. The molecule has 0 spiro atoms. The average Bonchev–Trinajstić information content (AvgIpc) is 3.16. The molecule has 29 heavy (non-hydrogen) atoms. The zero-order valence-corrected chi connectivity index (χ0v) is 16.3. The highest BCUT2D eigenvalue weighted by atomic mass is 35.5. The summed E-state index contributed by atoms with van der Waals surface area (Å²) < 4.78 is 13.0. The van der Waals surface area contributed by atoms with Crippen LogP contribution in [0.25, 0.3) is 11.3 Å². The highest BCUT2D eigenvalue weighted by Crippen LogP contribution is 2.24. The zero-order valence-electron chi connectivity index (χ0n) is 15.6. The summed E-state index contributed by atoms with van der Waals surface area (Å²) in [5.74, 6) is -0.605. The number of nitro benzene ring substituents is 1. The van der Waals surface area contributed by atoms with Gasteiger partial charge in [0.05, 0.1) is 21.2 Å². The highest BCUT2D eigenvalue weighted by Gasteiger charge is 2.18. The molecular weight excluding hydrogens is 399 g/mol. The quantitative estimate of drug-likeness (QED) is 0.454. The summed E-state index contributed by atoms with van der Waals surface area (Å²) in [7, 11) is 1.65. The summed E-state index contributed by atoms with van der Waals surface area (Å²) in [5, 5.41) is 18.0. The molecule has 0 aliphatic rings. The number of nitrogens with one attached hydrogen (secondary N) is 1. The Morgan fingerprint density at radius 3 is 2.62 bits per heavy atom. The molecule has 0 fully saturated rings. The molecule has 9 heteroatoms. The molecule has 2 aromatic carbocycles. The van der Waals surface area contributed by atoms with Crippen LogP contribution in [0.3, 0.4) is 0 Å². The first-order chi connectivity index (χ1) is 13.8. The second-order valence-electron chi connectivity index (χ2n) is 6.54. The first kappa shape index (κ1) is 20.5. The Bertz CT molecular complexity index is 1040. The third-order valence-corrected chi connectivity index (χ3v) is 4.76. The van der Waals surface area contributed by atoms with Gasteiger partial charge in [-0.2, -0.15) is 5.10 Å². The third-order valence-electron chi connectivity index (χ3n) is 4.45.